The topological polar surface area (TPSA) is 91.4 Å². The van der Waals surface area contributed by atoms with Crippen LogP contribution in [0.2, 0.25) is 0 Å². The molecule has 0 saturated carbocycles. The zero-order valence-corrected chi connectivity index (χ0v) is 12.0. The van der Waals surface area contributed by atoms with Crippen molar-refractivity contribution in [1.82, 2.24) is 14.6 Å². The Morgan fingerprint density at radius 1 is 1.37 bits per heavy atom. The van der Waals surface area contributed by atoms with E-state index in [1.54, 1.807) is 0 Å². The molecule has 0 aromatic carbocycles. The summed E-state index contributed by atoms with van der Waals surface area (Å²) in [6.07, 6.45) is 1.26. The van der Waals surface area contributed by atoms with Crippen molar-refractivity contribution in [2.24, 2.45) is 0 Å². The fraction of sp³-hybridized carbons (Fsp3) is 0.455. The molecule has 0 bridgehead atoms. The lowest BCUT2D eigenvalue weighted by Crippen LogP contribution is -2.29. The van der Waals surface area contributed by atoms with Crippen molar-refractivity contribution in [1.29, 1.82) is 0 Å². The summed E-state index contributed by atoms with van der Waals surface area (Å²) in [7, 11) is -0.560. The zero-order valence-electron chi connectivity index (χ0n) is 11.2. The molecule has 8 heteroatoms. The summed E-state index contributed by atoms with van der Waals surface area (Å²) >= 11 is 0. The highest BCUT2D eigenvalue weighted by atomic mass is 32.2. The molecule has 0 radical (unpaired) electrons. The van der Waals surface area contributed by atoms with E-state index in [-0.39, 0.29) is 17.3 Å². The van der Waals surface area contributed by atoms with Gasteiger partial charge in [-0.15, -0.1) is 0 Å². The number of amides is 1. The van der Waals surface area contributed by atoms with Gasteiger partial charge in [0, 0.05) is 26.8 Å². The number of aromatic nitrogens is 1. The summed E-state index contributed by atoms with van der Waals surface area (Å²) in [6.45, 7) is 2.49. The van der Waals surface area contributed by atoms with Crippen LogP contribution in [0.15, 0.2) is 23.2 Å². The van der Waals surface area contributed by atoms with Crippen LogP contribution in [0, 0.1) is 0 Å². The monoisotopic (exact) mass is 286 g/mol. The summed E-state index contributed by atoms with van der Waals surface area (Å²) in [5.74, 6) is 0.304. The van der Waals surface area contributed by atoms with Crippen LogP contribution in [0.5, 0.6) is 0 Å². The molecule has 1 heterocycles. The van der Waals surface area contributed by atoms with Gasteiger partial charge < -0.3 is 10.6 Å². The van der Waals surface area contributed by atoms with Gasteiger partial charge in [0.15, 0.2) is 0 Å². The Balaban J connectivity index is 2.70. The number of hydrogen-bond donors (Lipinski definition) is 2. The first-order chi connectivity index (χ1) is 8.87. The van der Waals surface area contributed by atoms with Crippen LogP contribution in [0.25, 0.3) is 0 Å². The quantitative estimate of drug-likeness (QED) is 0.761. The van der Waals surface area contributed by atoms with Crippen LogP contribution < -0.4 is 10.6 Å². The van der Waals surface area contributed by atoms with E-state index in [1.807, 2.05) is 6.92 Å². The van der Waals surface area contributed by atoms with Gasteiger partial charge in [0.25, 0.3) is 0 Å². The third-order valence-corrected chi connectivity index (χ3v) is 4.12. The number of rotatable bonds is 6. The van der Waals surface area contributed by atoms with E-state index < -0.39 is 10.0 Å². The maximum Gasteiger partial charge on any atom is 0.244 e. The Morgan fingerprint density at radius 2 is 2.05 bits per heavy atom. The summed E-state index contributed by atoms with van der Waals surface area (Å²) in [5.41, 5.74) is 0. The normalized spacial score (nSPS) is 11.4. The van der Waals surface area contributed by atoms with Crippen molar-refractivity contribution in [3.8, 4) is 0 Å². The number of hydrogen-bond acceptors (Lipinski definition) is 5. The molecular formula is C11H18N4O3S. The predicted molar refractivity (Wildman–Crippen MR) is 72.3 cm³/mol. The highest BCUT2D eigenvalue weighted by Crippen LogP contribution is 2.13. The van der Waals surface area contributed by atoms with Gasteiger partial charge in [-0.3, -0.25) is 4.79 Å². The molecule has 1 aromatic rings. The number of carbonyl (C=O) groups is 1. The lowest BCUT2D eigenvalue weighted by molar-refractivity contribution is -0.119. The molecule has 0 aliphatic carbocycles. The highest BCUT2D eigenvalue weighted by Gasteiger charge is 2.17. The molecule has 2 N–H and O–H groups in total. The minimum absolute atomic E-state index is 0.0978. The third kappa shape index (κ3) is 4.18. The molecule has 1 aromatic heterocycles. The minimum Gasteiger partial charge on any atom is -0.361 e. The molecule has 1 amide bonds. The smallest absolute Gasteiger partial charge is 0.244 e. The molecular weight excluding hydrogens is 268 g/mol. The Morgan fingerprint density at radius 3 is 2.53 bits per heavy atom. The maximum atomic E-state index is 11.8. The molecule has 0 unspecified atom stereocenters. The summed E-state index contributed by atoms with van der Waals surface area (Å²) in [5, 5.41) is 5.44. The minimum atomic E-state index is -3.47. The van der Waals surface area contributed by atoms with Gasteiger partial charge in [-0.05, 0) is 19.1 Å². The number of carbonyl (C=O) groups excluding carboxylic acids is 1. The molecule has 0 aliphatic rings. The van der Waals surface area contributed by atoms with Crippen molar-refractivity contribution < 1.29 is 13.2 Å². The average molecular weight is 286 g/mol. The maximum absolute atomic E-state index is 11.8. The van der Waals surface area contributed by atoms with Crippen LogP contribution in [-0.4, -0.2) is 50.8 Å². The standard InChI is InChI=1S/C11H18N4O3S/c1-4-12-11(16)8-14-10-6-5-9(7-13-10)19(17,18)15(2)3/h5-7H,4,8H2,1-3H3,(H,12,16)(H,13,14). The number of pyridine rings is 1. The van der Waals surface area contributed by atoms with Gasteiger partial charge in [0.05, 0.1) is 6.54 Å². The van der Waals surface area contributed by atoms with E-state index in [0.717, 1.165) is 4.31 Å². The lowest BCUT2D eigenvalue weighted by Gasteiger charge is -2.11. The largest absolute Gasteiger partial charge is 0.361 e. The van der Waals surface area contributed by atoms with E-state index in [2.05, 4.69) is 15.6 Å². The fourth-order valence-corrected chi connectivity index (χ4v) is 2.13. The Hall–Kier alpha value is -1.67. The first kappa shape index (κ1) is 15.4. The first-order valence-corrected chi connectivity index (χ1v) is 7.21. The van der Waals surface area contributed by atoms with Crippen molar-refractivity contribution in [3.05, 3.63) is 18.3 Å². The van der Waals surface area contributed by atoms with Gasteiger partial charge >= 0.3 is 0 Å². The van der Waals surface area contributed by atoms with Gasteiger partial charge in [-0.25, -0.2) is 17.7 Å². The number of anilines is 1. The molecule has 19 heavy (non-hydrogen) atoms. The first-order valence-electron chi connectivity index (χ1n) is 5.77. The number of sulfonamides is 1. The SMILES string of the molecule is CCNC(=O)CNc1ccc(S(=O)(=O)N(C)C)cn1. The predicted octanol–water partition coefficient (Wildman–Crippen LogP) is -0.120. The lowest BCUT2D eigenvalue weighted by atomic mass is 10.4. The van der Waals surface area contributed by atoms with E-state index >= 15 is 0 Å². The van der Waals surface area contributed by atoms with Crippen molar-refractivity contribution in [3.63, 3.8) is 0 Å². The van der Waals surface area contributed by atoms with Crippen LogP contribution in [-0.2, 0) is 14.8 Å². The number of likely N-dealkylation sites (N-methyl/N-ethyl adjacent to an activating group) is 1. The van der Waals surface area contributed by atoms with Crippen molar-refractivity contribution in [2.45, 2.75) is 11.8 Å². The van der Waals surface area contributed by atoms with Gasteiger partial charge in [0.2, 0.25) is 15.9 Å². The van der Waals surface area contributed by atoms with E-state index in [0.29, 0.717) is 12.4 Å². The van der Waals surface area contributed by atoms with E-state index in [1.165, 1.54) is 32.4 Å². The summed E-state index contributed by atoms with van der Waals surface area (Å²) in [6, 6.07) is 2.97. The number of nitrogens with one attached hydrogen (secondary N) is 2. The molecule has 0 aliphatic heterocycles. The summed E-state index contributed by atoms with van der Waals surface area (Å²) < 4.78 is 24.7. The second-order valence-electron chi connectivity index (χ2n) is 3.97. The van der Waals surface area contributed by atoms with E-state index in [9.17, 15) is 13.2 Å². The molecule has 0 atom stereocenters. The number of nitrogens with zero attached hydrogens (tertiary/aromatic N) is 2. The zero-order chi connectivity index (χ0) is 14.5. The van der Waals surface area contributed by atoms with Gasteiger partial charge in [-0.1, -0.05) is 0 Å². The van der Waals surface area contributed by atoms with E-state index in [4.69, 9.17) is 0 Å². The molecule has 0 spiro atoms. The molecule has 106 valence electrons. The van der Waals surface area contributed by atoms with Crippen LogP contribution in [0.4, 0.5) is 5.82 Å². The average Bonchev–Trinajstić information content (AvgIpc) is 2.37. The highest BCUT2D eigenvalue weighted by molar-refractivity contribution is 7.89. The second kappa shape index (κ2) is 6.48. The Kier molecular flexibility index (Phi) is 5.25. The molecule has 1 rings (SSSR count). The van der Waals surface area contributed by atoms with Crippen molar-refractivity contribution in [2.75, 3.05) is 32.5 Å². The van der Waals surface area contributed by atoms with Crippen LogP contribution >= 0.6 is 0 Å². The third-order valence-electron chi connectivity index (χ3n) is 2.32. The Labute approximate surface area is 113 Å². The molecule has 0 fully saturated rings. The van der Waals surface area contributed by atoms with Crippen LogP contribution in [0.3, 0.4) is 0 Å². The summed E-state index contributed by atoms with van der Waals surface area (Å²) in [4.78, 5) is 15.3. The van der Waals surface area contributed by atoms with Crippen molar-refractivity contribution >= 4 is 21.7 Å². The molecule has 0 saturated heterocycles. The Bertz CT molecular complexity index is 525. The molecule has 7 nitrogen and oxygen atoms in total. The van der Waals surface area contributed by atoms with Crippen LogP contribution in [0.1, 0.15) is 6.92 Å². The van der Waals surface area contributed by atoms with Gasteiger partial charge in [-0.2, -0.15) is 0 Å². The second-order valence-corrected chi connectivity index (χ2v) is 6.13. The van der Waals surface area contributed by atoms with Gasteiger partial charge in [0.1, 0.15) is 10.7 Å². The fourth-order valence-electron chi connectivity index (χ4n) is 1.28.